The van der Waals surface area contributed by atoms with Gasteiger partial charge in [0.25, 0.3) is 0 Å². The highest BCUT2D eigenvalue weighted by molar-refractivity contribution is 7.19. The summed E-state index contributed by atoms with van der Waals surface area (Å²) in [5.74, 6) is 0.504. The molecule has 136 valence electrons. The molecule has 1 atom stereocenters. The summed E-state index contributed by atoms with van der Waals surface area (Å²) in [6.07, 6.45) is 1.21. The van der Waals surface area contributed by atoms with Crippen molar-refractivity contribution in [1.29, 1.82) is 0 Å². The van der Waals surface area contributed by atoms with Crippen LogP contribution in [0.2, 0.25) is 0 Å². The Morgan fingerprint density at radius 2 is 2.08 bits per heavy atom. The summed E-state index contributed by atoms with van der Waals surface area (Å²) >= 11 is 3.26. The number of anilines is 1. The zero-order valence-electron chi connectivity index (χ0n) is 14.3. The summed E-state index contributed by atoms with van der Waals surface area (Å²) in [5.41, 5.74) is 6.15. The molecule has 4 rings (SSSR count). The van der Waals surface area contributed by atoms with E-state index in [-0.39, 0.29) is 6.54 Å². The first-order valence-corrected chi connectivity index (χ1v) is 10.3. The van der Waals surface area contributed by atoms with E-state index in [1.54, 1.807) is 22.7 Å². The third kappa shape index (κ3) is 3.67. The van der Waals surface area contributed by atoms with Crippen LogP contribution in [0.25, 0.3) is 10.1 Å². The summed E-state index contributed by atoms with van der Waals surface area (Å²) in [7, 11) is 0. The van der Waals surface area contributed by atoms with E-state index >= 15 is 0 Å². The fourth-order valence-corrected chi connectivity index (χ4v) is 4.77. The Labute approximate surface area is 160 Å². The van der Waals surface area contributed by atoms with Crippen LogP contribution >= 0.6 is 22.7 Å². The lowest BCUT2D eigenvalue weighted by Crippen LogP contribution is -2.51. The normalized spacial score (nSPS) is 17.0. The van der Waals surface area contributed by atoms with E-state index in [0.29, 0.717) is 5.96 Å². The van der Waals surface area contributed by atoms with E-state index in [2.05, 4.69) is 31.9 Å². The second kappa shape index (κ2) is 7.61. The number of hydrogen-bond acceptors (Lipinski definition) is 6. The first kappa shape index (κ1) is 17.3. The lowest BCUT2D eigenvalue weighted by atomic mass is 10.2. The molecule has 3 aromatic rings. The smallest absolute Gasteiger partial charge is 0.191 e. The standard InChI is InChI=1S/C18H21N5OS2/c19-17(22-6-8-23(9-7-22)18-20-5-10-25-18)21-12-14(24)16-11-13-3-1-2-4-15(13)26-16/h1-5,10-11,14,24H,6-9,12H2,(H2,19,21). The number of benzene rings is 1. The van der Waals surface area contributed by atoms with Crippen LogP contribution in [-0.2, 0) is 0 Å². The van der Waals surface area contributed by atoms with Crippen molar-refractivity contribution >= 4 is 43.9 Å². The number of nitrogens with zero attached hydrogens (tertiary/aromatic N) is 4. The number of nitrogens with two attached hydrogens (primary N) is 1. The third-order valence-electron chi connectivity index (χ3n) is 4.49. The van der Waals surface area contributed by atoms with Gasteiger partial charge in [-0.05, 0) is 17.5 Å². The lowest BCUT2D eigenvalue weighted by Gasteiger charge is -2.35. The molecule has 1 aliphatic heterocycles. The fraction of sp³-hybridized carbons (Fsp3) is 0.333. The van der Waals surface area contributed by atoms with Crippen LogP contribution in [0.3, 0.4) is 0 Å². The number of thiophene rings is 1. The van der Waals surface area contributed by atoms with Gasteiger partial charge in [0.1, 0.15) is 6.10 Å². The molecule has 1 saturated heterocycles. The minimum Gasteiger partial charge on any atom is -0.386 e. The molecule has 0 aliphatic carbocycles. The Morgan fingerprint density at radius 1 is 1.27 bits per heavy atom. The minimum atomic E-state index is -0.623. The van der Waals surface area contributed by atoms with E-state index in [9.17, 15) is 5.11 Å². The van der Waals surface area contributed by atoms with Crippen molar-refractivity contribution in [2.75, 3.05) is 37.6 Å². The highest BCUT2D eigenvalue weighted by Gasteiger charge is 2.20. The van der Waals surface area contributed by atoms with Crippen molar-refractivity contribution in [3.05, 3.63) is 46.8 Å². The number of piperazine rings is 1. The minimum absolute atomic E-state index is 0.283. The van der Waals surface area contributed by atoms with Crippen molar-refractivity contribution in [3.8, 4) is 0 Å². The van der Waals surface area contributed by atoms with Crippen LogP contribution < -0.4 is 10.6 Å². The fourth-order valence-electron chi connectivity index (χ4n) is 3.04. The Morgan fingerprint density at radius 3 is 2.81 bits per heavy atom. The maximum Gasteiger partial charge on any atom is 0.191 e. The van der Waals surface area contributed by atoms with Gasteiger partial charge in [-0.1, -0.05) is 18.2 Å². The molecule has 26 heavy (non-hydrogen) atoms. The first-order valence-electron chi connectivity index (χ1n) is 8.56. The van der Waals surface area contributed by atoms with Gasteiger partial charge in [0, 0.05) is 47.3 Å². The molecular formula is C18H21N5OS2. The quantitative estimate of drug-likeness (QED) is 0.531. The van der Waals surface area contributed by atoms with Gasteiger partial charge in [-0.3, -0.25) is 4.99 Å². The second-order valence-electron chi connectivity index (χ2n) is 6.19. The molecule has 0 radical (unpaired) electrons. The summed E-state index contributed by atoms with van der Waals surface area (Å²) < 4.78 is 1.18. The average Bonchev–Trinajstić information content (AvgIpc) is 3.35. The number of aliphatic hydroxyl groups excluding tert-OH is 1. The molecule has 1 aromatic carbocycles. The summed E-state index contributed by atoms with van der Waals surface area (Å²) in [6, 6.07) is 10.2. The predicted octanol–water partition coefficient (Wildman–Crippen LogP) is 2.53. The second-order valence-corrected chi connectivity index (χ2v) is 8.18. The summed E-state index contributed by atoms with van der Waals surface area (Å²) in [5, 5.41) is 14.7. The van der Waals surface area contributed by atoms with Gasteiger partial charge >= 0.3 is 0 Å². The SMILES string of the molecule is NC(=NCC(O)c1cc2ccccc2s1)N1CCN(c2nccs2)CC1. The number of rotatable bonds is 4. The topological polar surface area (TPSA) is 78.0 Å². The van der Waals surface area contributed by atoms with Crippen LogP contribution in [0.15, 0.2) is 46.9 Å². The maximum absolute atomic E-state index is 10.5. The van der Waals surface area contributed by atoms with Crippen LogP contribution in [0.1, 0.15) is 11.0 Å². The van der Waals surface area contributed by atoms with Gasteiger partial charge in [0.2, 0.25) is 0 Å². The molecule has 0 amide bonds. The highest BCUT2D eigenvalue weighted by atomic mass is 32.1. The molecule has 0 saturated carbocycles. The molecule has 6 nitrogen and oxygen atoms in total. The third-order valence-corrected chi connectivity index (χ3v) is 6.54. The predicted molar refractivity (Wildman–Crippen MR) is 109 cm³/mol. The van der Waals surface area contributed by atoms with Crippen LogP contribution in [0, 0.1) is 0 Å². The van der Waals surface area contributed by atoms with Gasteiger partial charge in [0.15, 0.2) is 11.1 Å². The molecule has 3 heterocycles. The van der Waals surface area contributed by atoms with Crippen molar-refractivity contribution < 1.29 is 5.11 Å². The van der Waals surface area contributed by atoms with Crippen molar-refractivity contribution in [3.63, 3.8) is 0 Å². The molecule has 1 fully saturated rings. The number of fused-ring (bicyclic) bond motifs is 1. The van der Waals surface area contributed by atoms with Gasteiger partial charge in [-0.15, -0.1) is 22.7 Å². The molecule has 3 N–H and O–H groups in total. The van der Waals surface area contributed by atoms with E-state index in [1.165, 1.54) is 4.70 Å². The van der Waals surface area contributed by atoms with Gasteiger partial charge in [0.05, 0.1) is 6.54 Å². The number of aliphatic imine (C=N–C) groups is 1. The van der Waals surface area contributed by atoms with Crippen molar-refractivity contribution in [2.45, 2.75) is 6.10 Å². The number of thiazole rings is 1. The average molecular weight is 388 g/mol. The molecule has 1 unspecified atom stereocenters. The lowest BCUT2D eigenvalue weighted by molar-refractivity contribution is 0.190. The Balaban J connectivity index is 1.34. The molecular weight excluding hydrogens is 366 g/mol. The molecule has 0 spiro atoms. The first-order chi connectivity index (χ1) is 12.7. The molecule has 0 bridgehead atoms. The maximum atomic E-state index is 10.5. The van der Waals surface area contributed by atoms with Crippen LogP contribution in [-0.4, -0.2) is 53.7 Å². The largest absolute Gasteiger partial charge is 0.386 e. The summed E-state index contributed by atoms with van der Waals surface area (Å²) in [4.78, 5) is 14.0. The van der Waals surface area contributed by atoms with Crippen LogP contribution in [0.5, 0.6) is 0 Å². The number of aromatic nitrogens is 1. The zero-order valence-corrected chi connectivity index (χ0v) is 15.9. The van der Waals surface area contributed by atoms with Crippen LogP contribution in [0.4, 0.5) is 5.13 Å². The number of aliphatic hydroxyl groups is 1. The molecule has 1 aliphatic rings. The van der Waals surface area contributed by atoms with E-state index in [1.807, 2.05) is 29.8 Å². The van der Waals surface area contributed by atoms with E-state index in [0.717, 1.165) is 41.6 Å². The van der Waals surface area contributed by atoms with E-state index < -0.39 is 6.10 Å². The Hall–Kier alpha value is -2.16. The van der Waals surface area contributed by atoms with Gasteiger partial charge in [-0.25, -0.2) is 4.98 Å². The van der Waals surface area contributed by atoms with Gasteiger partial charge in [-0.2, -0.15) is 0 Å². The highest BCUT2D eigenvalue weighted by Crippen LogP contribution is 2.29. The van der Waals surface area contributed by atoms with E-state index in [4.69, 9.17) is 5.73 Å². The van der Waals surface area contributed by atoms with Crippen molar-refractivity contribution in [1.82, 2.24) is 9.88 Å². The Kier molecular flexibility index (Phi) is 5.05. The summed E-state index contributed by atoms with van der Waals surface area (Å²) in [6.45, 7) is 3.67. The van der Waals surface area contributed by atoms with Gasteiger partial charge < -0.3 is 20.6 Å². The van der Waals surface area contributed by atoms with Crippen molar-refractivity contribution in [2.24, 2.45) is 10.7 Å². The molecule has 8 heteroatoms. The number of guanidine groups is 1. The number of hydrogen-bond donors (Lipinski definition) is 2. The zero-order chi connectivity index (χ0) is 17.9. The molecule has 2 aromatic heterocycles. The monoisotopic (exact) mass is 387 g/mol. The Bertz CT molecular complexity index is 851.